The van der Waals surface area contributed by atoms with E-state index < -0.39 is 10.0 Å². The third-order valence-electron chi connectivity index (χ3n) is 5.11. The fraction of sp³-hybridized carbons (Fsp3) is 0.444. The number of nitrogens with one attached hydrogen (secondary N) is 1. The Labute approximate surface area is 152 Å². The highest BCUT2D eigenvalue weighted by Crippen LogP contribution is 2.35. The molecule has 3 heterocycles. The zero-order valence-electron chi connectivity index (χ0n) is 14.7. The van der Waals surface area contributed by atoms with Gasteiger partial charge in [-0.3, -0.25) is 9.69 Å². The lowest BCUT2D eigenvalue weighted by Gasteiger charge is -2.26. The van der Waals surface area contributed by atoms with Crippen molar-refractivity contribution in [2.75, 3.05) is 23.7 Å². The molecular weight excluding hydrogens is 352 g/mol. The van der Waals surface area contributed by atoms with Crippen molar-refractivity contribution in [3.8, 4) is 0 Å². The van der Waals surface area contributed by atoms with Gasteiger partial charge in [-0.25, -0.2) is 13.4 Å². The molecule has 138 valence electrons. The van der Waals surface area contributed by atoms with E-state index in [0.717, 1.165) is 41.4 Å². The summed E-state index contributed by atoms with van der Waals surface area (Å²) in [5.74, 6) is 0.768. The van der Waals surface area contributed by atoms with E-state index in [1.807, 2.05) is 24.4 Å². The maximum atomic E-state index is 12.1. The van der Waals surface area contributed by atoms with E-state index in [4.69, 9.17) is 0 Å². The van der Waals surface area contributed by atoms with Crippen molar-refractivity contribution in [3.05, 3.63) is 30.0 Å². The van der Waals surface area contributed by atoms with Gasteiger partial charge < -0.3 is 4.98 Å². The lowest BCUT2D eigenvalue weighted by atomic mass is 9.98. The number of amides is 1. The van der Waals surface area contributed by atoms with Gasteiger partial charge in [0.2, 0.25) is 16.4 Å². The van der Waals surface area contributed by atoms with Crippen LogP contribution in [0, 0.1) is 0 Å². The van der Waals surface area contributed by atoms with E-state index in [9.17, 15) is 13.2 Å². The molecule has 1 saturated carbocycles. The summed E-state index contributed by atoms with van der Waals surface area (Å²) in [6.07, 6.45) is 7.32. The number of hydrogen-bond acceptors (Lipinski definition) is 4. The Kier molecular flexibility index (Phi) is 4.32. The molecular formula is C18H22N4O3S. The number of carbonyl (C=O) groups is 1. The van der Waals surface area contributed by atoms with Crippen molar-refractivity contribution in [3.63, 3.8) is 0 Å². The first-order valence-corrected chi connectivity index (χ1v) is 10.5. The van der Waals surface area contributed by atoms with Gasteiger partial charge in [-0.15, -0.1) is 0 Å². The number of fused-ring (bicyclic) bond motifs is 1. The quantitative estimate of drug-likeness (QED) is 0.785. The second-order valence-electron chi connectivity index (χ2n) is 6.75. The van der Waals surface area contributed by atoms with Crippen LogP contribution in [0.1, 0.15) is 31.7 Å². The maximum absolute atomic E-state index is 12.1. The van der Waals surface area contributed by atoms with Gasteiger partial charge in [-0.05, 0) is 49.5 Å². The van der Waals surface area contributed by atoms with Crippen LogP contribution < -0.4 is 4.90 Å². The van der Waals surface area contributed by atoms with Gasteiger partial charge in [0.05, 0.1) is 5.75 Å². The van der Waals surface area contributed by atoms with Gasteiger partial charge in [0.25, 0.3) is 0 Å². The average molecular weight is 374 g/mol. The molecule has 8 heteroatoms. The highest BCUT2D eigenvalue weighted by atomic mass is 32.2. The Balaban J connectivity index is 1.72. The number of H-pyrrole nitrogens is 1. The molecule has 0 aromatic carbocycles. The molecule has 2 aromatic rings. The second-order valence-corrected chi connectivity index (χ2v) is 9.01. The van der Waals surface area contributed by atoms with Gasteiger partial charge in [0, 0.05) is 30.7 Å². The molecule has 1 aliphatic carbocycles. The Bertz CT molecular complexity index is 975. The highest BCUT2D eigenvalue weighted by Gasteiger charge is 2.31. The van der Waals surface area contributed by atoms with Crippen LogP contribution in [0.15, 0.2) is 24.4 Å². The van der Waals surface area contributed by atoms with Crippen molar-refractivity contribution in [2.24, 2.45) is 0 Å². The minimum Gasteiger partial charge on any atom is -0.346 e. The number of carbonyl (C=O) groups excluding carboxylic acids is 1. The van der Waals surface area contributed by atoms with Crippen molar-refractivity contribution < 1.29 is 13.2 Å². The van der Waals surface area contributed by atoms with Crippen molar-refractivity contribution in [2.45, 2.75) is 32.2 Å². The largest absolute Gasteiger partial charge is 0.346 e. The molecule has 1 fully saturated rings. The molecule has 2 aliphatic rings. The van der Waals surface area contributed by atoms with Crippen LogP contribution in [0.2, 0.25) is 0 Å². The number of nitrogens with zero attached hydrogens (tertiary/aromatic N) is 3. The van der Waals surface area contributed by atoms with E-state index in [2.05, 4.69) is 9.97 Å². The maximum Gasteiger partial charge on any atom is 0.215 e. The molecule has 7 nitrogen and oxygen atoms in total. The van der Waals surface area contributed by atoms with Crippen LogP contribution in [0.3, 0.4) is 0 Å². The summed E-state index contributed by atoms with van der Waals surface area (Å²) >= 11 is 0. The predicted octanol–water partition coefficient (Wildman–Crippen LogP) is 2.13. The molecule has 0 radical (unpaired) electrons. The summed E-state index contributed by atoms with van der Waals surface area (Å²) < 4.78 is 25.7. The number of anilines is 1. The molecule has 0 spiro atoms. The summed E-state index contributed by atoms with van der Waals surface area (Å²) in [4.78, 5) is 20.9. The molecule has 0 saturated heterocycles. The Hall–Kier alpha value is -2.19. The third-order valence-corrected chi connectivity index (χ3v) is 6.96. The Morgan fingerprint density at radius 1 is 1.42 bits per heavy atom. The molecule has 1 N–H and O–H groups in total. The fourth-order valence-corrected chi connectivity index (χ4v) is 4.47. The first-order valence-electron chi connectivity index (χ1n) is 8.92. The molecule has 4 rings (SSSR count). The normalized spacial score (nSPS) is 18.7. The van der Waals surface area contributed by atoms with Crippen LogP contribution in [0.5, 0.6) is 0 Å². The van der Waals surface area contributed by atoms with Crippen LogP contribution in [0.25, 0.3) is 16.6 Å². The summed E-state index contributed by atoms with van der Waals surface area (Å²) in [6, 6.07) is 4.17. The van der Waals surface area contributed by atoms with Crippen LogP contribution >= 0.6 is 0 Å². The highest BCUT2D eigenvalue weighted by molar-refractivity contribution is 7.89. The first-order chi connectivity index (χ1) is 12.5. The summed E-state index contributed by atoms with van der Waals surface area (Å²) in [5.41, 5.74) is 2.87. The number of rotatable bonds is 6. The number of aromatic nitrogens is 2. The van der Waals surface area contributed by atoms with E-state index in [1.54, 1.807) is 11.8 Å². The van der Waals surface area contributed by atoms with E-state index in [0.29, 0.717) is 25.3 Å². The molecule has 26 heavy (non-hydrogen) atoms. The Morgan fingerprint density at radius 3 is 2.85 bits per heavy atom. The third kappa shape index (κ3) is 3.03. The number of sulfonamides is 1. The van der Waals surface area contributed by atoms with Gasteiger partial charge in [-0.1, -0.05) is 6.08 Å². The first kappa shape index (κ1) is 17.2. The number of aromatic amines is 1. The summed E-state index contributed by atoms with van der Waals surface area (Å²) in [6.45, 7) is 2.53. The van der Waals surface area contributed by atoms with Crippen LogP contribution in [-0.2, 0) is 14.8 Å². The van der Waals surface area contributed by atoms with E-state index in [-0.39, 0.29) is 11.8 Å². The smallest absolute Gasteiger partial charge is 0.215 e. The molecule has 0 atom stereocenters. The second kappa shape index (κ2) is 6.51. The van der Waals surface area contributed by atoms with Crippen molar-refractivity contribution >= 4 is 38.9 Å². The SMILES string of the molecule is CCS(=O)(=O)N1CC=C(c2cc(N(C=O)C3CC3)nc3[nH]ccc23)CC1. The van der Waals surface area contributed by atoms with Crippen LogP contribution in [-0.4, -0.2) is 54.0 Å². The zero-order valence-corrected chi connectivity index (χ0v) is 15.5. The van der Waals surface area contributed by atoms with E-state index in [1.165, 1.54) is 4.31 Å². The summed E-state index contributed by atoms with van der Waals surface area (Å²) in [7, 11) is -3.17. The topological polar surface area (TPSA) is 86.4 Å². The number of hydrogen-bond donors (Lipinski definition) is 1. The predicted molar refractivity (Wildman–Crippen MR) is 101 cm³/mol. The molecule has 0 unspecified atom stereocenters. The van der Waals surface area contributed by atoms with Gasteiger partial charge in [0.15, 0.2) is 0 Å². The van der Waals surface area contributed by atoms with Gasteiger partial charge >= 0.3 is 0 Å². The molecule has 1 aliphatic heterocycles. The minimum atomic E-state index is -3.17. The lowest BCUT2D eigenvalue weighted by molar-refractivity contribution is -0.107. The molecule has 1 amide bonds. The summed E-state index contributed by atoms with van der Waals surface area (Å²) in [5, 5.41) is 0.994. The molecule has 0 bridgehead atoms. The minimum absolute atomic E-state index is 0.118. The standard InChI is InChI=1S/C18H22N4O3S/c1-2-26(24,25)21-9-6-13(7-10-21)16-11-17(22(12-23)14-3-4-14)20-18-15(16)5-8-19-18/h5-6,8,11-12,14H,2-4,7,9-10H2,1H3,(H,19,20). The van der Waals surface area contributed by atoms with E-state index >= 15 is 0 Å². The van der Waals surface area contributed by atoms with Crippen LogP contribution in [0.4, 0.5) is 5.82 Å². The monoisotopic (exact) mass is 374 g/mol. The zero-order chi connectivity index (χ0) is 18.3. The Morgan fingerprint density at radius 2 is 2.23 bits per heavy atom. The fourth-order valence-electron chi connectivity index (χ4n) is 3.43. The van der Waals surface area contributed by atoms with Crippen molar-refractivity contribution in [1.82, 2.24) is 14.3 Å². The number of pyridine rings is 1. The average Bonchev–Trinajstić information content (AvgIpc) is 3.38. The van der Waals surface area contributed by atoms with Crippen molar-refractivity contribution in [1.29, 1.82) is 0 Å². The molecule has 2 aromatic heterocycles. The lowest BCUT2D eigenvalue weighted by Crippen LogP contribution is -2.35. The van der Waals surface area contributed by atoms with Gasteiger partial charge in [-0.2, -0.15) is 4.31 Å². The van der Waals surface area contributed by atoms with Gasteiger partial charge in [0.1, 0.15) is 11.5 Å².